The molecule has 5 heteroatoms. The summed E-state index contributed by atoms with van der Waals surface area (Å²) in [6.07, 6.45) is -3.16. The predicted octanol–water partition coefficient (Wildman–Crippen LogP) is 4.31. The van der Waals surface area contributed by atoms with E-state index in [4.69, 9.17) is 0 Å². The van der Waals surface area contributed by atoms with Crippen molar-refractivity contribution in [3.63, 3.8) is 0 Å². The number of benzene rings is 1. The van der Waals surface area contributed by atoms with Crippen LogP contribution < -0.4 is 0 Å². The van der Waals surface area contributed by atoms with Crippen molar-refractivity contribution in [2.75, 3.05) is 13.1 Å². The van der Waals surface area contributed by atoms with E-state index in [0.717, 1.165) is 43.8 Å². The second-order valence-electron chi connectivity index (χ2n) is 5.21. The highest BCUT2D eigenvalue weighted by atomic mass is 79.9. The average Bonchev–Trinajstić information content (AvgIpc) is 2.33. The zero-order valence-electron chi connectivity index (χ0n) is 10.8. The van der Waals surface area contributed by atoms with Crippen molar-refractivity contribution in [2.24, 2.45) is 5.92 Å². The first-order valence-corrected chi connectivity index (χ1v) is 7.30. The second-order valence-corrected chi connectivity index (χ2v) is 6.39. The Morgan fingerprint density at radius 3 is 2.42 bits per heavy atom. The quantitative estimate of drug-likeness (QED) is 0.728. The fourth-order valence-corrected chi connectivity index (χ4v) is 2.78. The van der Waals surface area contributed by atoms with Gasteiger partial charge in [0.2, 0.25) is 0 Å². The van der Waals surface area contributed by atoms with Gasteiger partial charge < -0.3 is 0 Å². The number of alkyl halides is 4. The first-order chi connectivity index (χ1) is 8.86. The SMILES string of the molecule is CC1CN(Cc2ccc(C(F)(F)F)cc2)CCC1Br. The molecule has 1 aliphatic rings. The molecule has 0 aliphatic carbocycles. The molecule has 1 aromatic rings. The molecular weight excluding hydrogens is 319 g/mol. The summed E-state index contributed by atoms with van der Waals surface area (Å²) >= 11 is 3.65. The van der Waals surface area contributed by atoms with Gasteiger partial charge in [-0.3, -0.25) is 4.90 Å². The molecule has 19 heavy (non-hydrogen) atoms. The predicted molar refractivity (Wildman–Crippen MR) is 73.2 cm³/mol. The summed E-state index contributed by atoms with van der Waals surface area (Å²) in [6, 6.07) is 5.48. The van der Waals surface area contributed by atoms with Crippen LogP contribution in [0.15, 0.2) is 24.3 Å². The van der Waals surface area contributed by atoms with Crippen LogP contribution in [0.4, 0.5) is 13.2 Å². The Balaban J connectivity index is 1.97. The average molecular weight is 336 g/mol. The third-order valence-corrected chi connectivity index (χ3v) is 4.93. The summed E-state index contributed by atoms with van der Waals surface area (Å²) in [4.78, 5) is 2.85. The van der Waals surface area contributed by atoms with Gasteiger partial charge in [-0.1, -0.05) is 35.0 Å². The highest BCUT2D eigenvalue weighted by molar-refractivity contribution is 9.09. The monoisotopic (exact) mass is 335 g/mol. The molecule has 2 atom stereocenters. The van der Waals surface area contributed by atoms with Gasteiger partial charge in [-0.25, -0.2) is 0 Å². The van der Waals surface area contributed by atoms with E-state index in [2.05, 4.69) is 27.8 Å². The largest absolute Gasteiger partial charge is 0.416 e. The lowest BCUT2D eigenvalue weighted by atomic mass is 9.99. The van der Waals surface area contributed by atoms with Crippen LogP contribution in [-0.4, -0.2) is 22.8 Å². The van der Waals surface area contributed by atoms with Gasteiger partial charge >= 0.3 is 6.18 Å². The molecule has 106 valence electrons. The number of halogens is 4. The third kappa shape index (κ3) is 3.96. The molecule has 0 radical (unpaired) electrons. The Hall–Kier alpha value is -0.550. The van der Waals surface area contributed by atoms with Crippen molar-refractivity contribution in [3.8, 4) is 0 Å². The Kier molecular flexibility index (Phi) is 4.56. The van der Waals surface area contributed by atoms with Gasteiger partial charge in [0, 0.05) is 17.9 Å². The molecule has 1 aromatic carbocycles. The molecule has 0 bridgehead atoms. The minimum absolute atomic E-state index is 0.552. The molecule has 0 spiro atoms. The normalized spacial score (nSPS) is 25.5. The van der Waals surface area contributed by atoms with Crippen LogP contribution >= 0.6 is 15.9 Å². The molecule has 2 rings (SSSR count). The van der Waals surface area contributed by atoms with Crippen LogP contribution in [0.1, 0.15) is 24.5 Å². The van der Waals surface area contributed by atoms with E-state index < -0.39 is 11.7 Å². The minimum Gasteiger partial charge on any atom is -0.299 e. The van der Waals surface area contributed by atoms with Crippen molar-refractivity contribution in [3.05, 3.63) is 35.4 Å². The fraction of sp³-hybridized carbons (Fsp3) is 0.571. The summed E-state index contributed by atoms with van der Waals surface area (Å²) < 4.78 is 37.4. The number of likely N-dealkylation sites (tertiary alicyclic amines) is 1. The highest BCUT2D eigenvalue weighted by Gasteiger charge is 2.30. The van der Waals surface area contributed by atoms with Crippen molar-refractivity contribution < 1.29 is 13.2 Å². The lowest BCUT2D eigenvalue weighted by Crippen LogP contribution is -2.39. The van der Waals surface area contributed by atoms with Crippen LogP contribution in [0, 0.1) is 5.92 Å². The van der Waals surface area contributed by atoms with E-state index in [0.29, 0.717) is 10.7 Å². The number of rotatable bonds is 2. The van der Waals surface area contributed by atoms with Crippen LogP contribution in [0.5, 0.6) is 0 Å². The van der Waals surface area contributed by atoms with Crippen LogP contribution in [0.2, 0.25) is 0 Å². The molecule has 0 amide bonds. The van der Waals surface area contributed by atoms with E-state index in [1.54, 1.807) is 12.1 Å². The molecule has 2 unspecified atom stereocenters. The Morgan fingerprint density at radius 1 is 1.26 bits per heavy atom. The molecule has 1 aliphatic heterocycles. The molecule has 0 N–H and O–H groups in total. The van der Waals surface area contributed by atoms with Crippen LogP contribution in [0.25, 0.3) is 0 Å². The van der Waals surface area contributed by atoms with Gasteiger partial charge in [-0.05, 0) is 36.6 Å². The maximum atomic E-state index is 12.5. The molecular formula is C14H17BrF3N. The first-order valence-electron chi connectivity index (χ1n) is 6.39. The number of hydrogen-bond acceptors (Lipinski definition) is 1. The summed E-state index contributed by atoms with van der Waals surface area (Å²) in [5.41, 5.74) is 0.358. The smallest absolute Gasteiger partial charge is 0.299 e. The lowest BCUT2D eigenvalue weighted by Gasteiger charge is -2.34. The van der Waals surface area contributed by atoms with E-state index in [1.165, 1.54) is 0 Å². The van der Waals surface area contributed by atoms with Crippen molar-refractivity contribution >= 4 is 15.9 Å². The van der Waals surface area contributed by atoms with Crippen LogP contribution in [0.3, 0.4) is 0 Å². The number of nitrogens with zero attached hydrogens (tertiary/aromatic N) is 1. The summed E-state index contributed by atoms with van der Waals surface area (Å²) in [7, 11) is 0. The topological polar surface area (TPSA) is 3.24 Å². The van der Waals surface area contributed by atoms with Gasteiger partial charge in [0.15, 0.2) is 0 Å². The van der Waals surface area contributed by atoms with Crippen molar-refractivity contribution in [2.45, 2.75) is 30.9 Å². The molecule has 1 saturated heterocycles. The van der Waals surface area contributed by atoms with Gasteiger partial charge in [-0.2, -0.15) is 13.2 Å². The maximum absolute atomic E-state index is 12.5. The zero-order chi connectivity index (χ0) is 14.0. The van der Waals surface area contributed by atoms with E-state index in [9.17, 15) is 13.2 Å². The van der Waals surface area contributed by atoms with E-state index in [1.807, 2.05) is 0 Å². The number of hydrogen-bond donors (Lipinski definition) is 0. The zero-order valence-corrected chi connectivity index (χ0v) is 12.3. The van der Waals surface area contributed by atoms with Gasteiger partial charge in [0.05, 0.1) is 5.56 Å². The molecule has 1 nitrogen and oxygen atoms in total. The standard InChI is InChI=1S/C14H17BrF3N/c1-10-8-19(7-6-13(10)15)9-11-2-4-12(5-3-11)14(16,17)18/h2-5,10,13H,6-9H2,1H3. The Bertz CT molecular complexity index is 416. The van der Waals surface area contributed by atoms with Crippen molar-refractivity contribution in [1.82, 2.24) is 4.90 Å². The third-order valence-electron chi connectivity index (χ3n) is 3.57. The molecule has 0 aromatic heterocycles. The second kappa shape index (κ2) is 5.83. The van der Waals surface area contributed by atoms with Gasteiger partial charge in [0.1, 0.15) is 0 Å². The lowest BCUT2D eigenvalue weighted by molar-refractivity contribution is -0.137. The van der Waals surface area contributed by atoms with E-state index in [-0.39, 0.29) is 0 Å². The van der Waals surface area contributed by atoms with Gasteiger partial charge in [-0.15, -0.1) is 0 Å². The summed E-state index contributed by atoms with van der Waals surface area (Å²) in [5, 5.41) is 0. The minimum atomic E-state index is -4.25. The maximum Gasteiger partial charge on any atom is 0.416 e. The first kappa shape index (κ1) is 14.9. The Morgan fingerprint density at radius 2 is 1.89 bits per heavy atom. The fourth-order valence-electron chi connectivity index (χ4n) is 2.40. The van der Waals surface area contributed by atoms with Gasteiger partial charge in [0.25, 0.3) is 0 Å². The number of piperidine rings is 1. The summed E-state index contributed by atoms with van der Waals surface area (Å²) in [5.74, 6) is 0.572. The molecule has 0 saturated carbocycles. The highest BCUT2D eigenvalue weighted by Crippen LogP contribution is 2.29. The molecule has 1 fully saturated rings. The van der Waals surface area contributed by atoms with Crippen LogP contribution in [-0.2, 0) is 12.7 Å². The molecule has 1 heterocycles. The van der Waals surface area contributed by atoms with E-state index >= 15 is 0 Å². The van der Waals surface area contributed by atoms with Crippen molar-refractivity contribution in [1.29, 1.82) is 0 Å². The summed E-state index contributed by atoms with van der Waals surface area (Å²) in [6.45, 7) is 4.89. The Labute approximate surface area is 119 Å².